The van der Waals surface area contributed by atoms with Crippen LogP contribution in [0.2, 0.25) is 0 Å². The normalized spacial score (nSPS) is 10.2. The molecule has 110 valence electrons. The maximum absolute atomic E-state index is 11.9. The monoisotopic (exact) mass is 289 g/mol. The number of nitrogens with zero attached hydrogens (tertiary/aromatic N) is 2. The maximum Gasteiger partial charge on any atom is 0.273 e. The molecular formula is C14H17N4O3+. The van der Waals surface area contributed by atoms with E-state index < -0.39 is 0 Å². The standard InChI is InChI=1S/C14H16N4O3/c1-10-8-12(17-21-10)14(20)16-6-5-15-13(19)11-4-3-7-18(2)9-11/h3-4,7-9H,5-6H2,1-2H3,(H-,15,16,19,20)/p+1. The number of nitrogens with one attached hydrogen (secondary N) is 2. The lowest BCUT2D eigenvalue weighted by Gasteiger charge is -2.05. The predicted octanol–water partition coefficient (Wildman–Crippen LogP) is -0.0327. The van der Waals surface area contributed by atoms with Crippen molar-refractivity contribution < 1.29 is 18.7 Å². The zero-order valence-electron chi connectivity index (χ0n) is 11.9. The van der Waals surface area contributed by atoms with E-state index in [2.05, 4.69) is 15.8 Å². The third-order valence-corrected chi connectivity index (χ3v) is 2.76. The molecule has 0 radical (unpaired) electrons. The number of carbonyl (C=O) groups is 2. The van der Waals surface area contributed by atoms with E-state index in [1.165, 1.54) is 0 Å². The van der Waals surface area contributed by atoms with E-state index >= 15 is 0 Å². The molecule has 21 heavy (non-hydrogen) atoms. The zero-order valence-corrected chi connectivity index (χ0v) is 11.9. The Labute approximate surface area is 121 Å². The number of carbonyl (C=O) groups excluding carboxylic acids is 2. The van der Waals surface area contributed by atoms with Crippen molar-refractivity contribution in [1.29, 1.82) is 0 Å². The van der Waals surface area contributed by atoms with E-state index in [4.69, 9.17) is 4.52 Å². The van der Waals surface area contributed by atoms with Crippen molar-refractivity contribution in [2.45, 2.75) is 6.92 Å². The summed E-state index contributed by atoms with van der Waals surface area (Å²) < 4.78 is 6.61. The summed E-state index contributed by atoms with van der Waals surface area (Å²) in [5.41, 5.74) is 0.798. The van der Waals surface area contributed by atoms with Gasteiger partial charge in [-0.05, 0) is 13.0 Å². The molecule has 0 aromatic carbocycles. The van der Waals surface area contributed by atoms with Crippen LogP contribution in [0.3, 0.4) is 0 Å². The van der Waals surface area contributed by atoms with E-state index in [1.54, 1.807) is 35.9 Å². The van der Waals surface area contributed by atoms with Crippen molar-refractivity contribution in [3.63, 3.8) is 0 Å². The second-order valence-corrected chi connectivity index (χ2v) is 4.59. The predicted molar refractivity (Wildman–Crippen MR) is 73.5 cm³/mol. The Morgan fingerprint density at radius 3 is 2.62 bits per heavy atom. The Morgan fingerprint density at radius 2 is 2.00 bits per heavy atom. The molecule has 0 saturated heterocycles. The summed E-state index contributed by atoms with van der Waals surface area (Å²) in [5, 5.41) is 8.99. The van der Waals surface area contributed by atoms with E-state index in [0.29, 0.717) is 24.4 Å². The molecule has 0 spiro atoms. The molecule has 7 heteroatoms. The van der Waals surface area contributed by atoms with Gasteiger partial charge in [0.25, 0.3) is 11.8 Å². The second kappa shape index (κ2) is 6.65. The smallest absolute Gasteiger partial charge is 0.273 e. The molecule has 2 amide bonds. The van der Waals surface area contributed by atoms with Gasteiger partial charge >= 0.3 is 0 Å². The summed E-state index contributed by atoms with van der Waals surface area (Å²) >= 11 is 0. The van der Waals surface area contributed by atoms with Crippen LogP contribution in [0.25, 0.3) is 0 Å². The number of amides is 2. The Kier molecular flexibility index (Phi) is 4.65. The summed E-state index contributed by atoms with van der Waals surface area (Å²) in [6.45, 7) is 2.36. The van der Waals surface area contributed by atoms with Crippen LogP contribution in [0.1, 0.15) is 26.6 Å². The fourth-order valence-electron chi connectivity index (χ4n) is 1.74. The zero-order chi connectivity index (χ0) is 15.2. The minimum atomic E-state index is -0.327. The molecule has 0 aliphatic carbocycles. The lowest BCUT2D eigenvalue weighted by Crippen LogP contribution is -2.36. The van der Waals surface area contributed by atoms with Crippen LogP contribution in [-0.4, -0.2) is 30.1 Å². The number of hydrogen-bond acceptors (Lipinski definition) is 4. The first-order chi connectivity index (χ1) is 10.1. The highest BCUT2D eigenvalue weighted by atomic mass is 16.5. The first-order valence-electron chi connectivity index (χ1n) is 6.51. The van der Waals surface area contributed by atoms with Gasteiger partial charge in [0.05, 0.1) is 0 Å². The minimum absolute atomic E-state index is 0.183. The summed E-state index contributed by atoms with van der Waals surface area (Å²) in [7, 11) is 1.84. The largest absolute Gasteiger partial charge is 0.361 e. The molecule has 2 heterocycles. The molecule has 2 N–H and O–H groups in total. The number of rotatable bonds is 5. The fraction of sp³-hybridized carbons (Fsp3) is 0.286. The van der Waals surface area contributed by atoms with Gasteiger partial charge in [-0.2, -0.15) is 0 Å². The quantitative estimate of drug-likeness (QED) is 0.597. The van der Waals surface area contributed by atoms with Crippen molar-refractivity contribution in [3.8, 4) is 0 Å². The first kappa shape index (κ1) is 14.7. The van der Waals surface area contributed by atoms with Crippen LogP contribution >= 0.6 is 0 Å². The van der Waals surface area contributed by atoms with Crippen molar-refractivity contribution in [3.05, 3.63) is 47.6 Å². The van der Waals surface area contributed by atoms with Gasteiger partial charge in [0.15, 0.2) is 18.1 Å². The third-order valence-electron chi connectivity index (χ3n) is 2.76. The molecule has 2 rings (SSSR count). The van der Waals surface area contributed by atoms with Gasteiger partial charge in [0, 0.05) is 25.2 Å². The molecule has 7 nitrogen and oxygen atoms in total. The van der Waals surface area contributed by atoms with Crippen LogP contribution < -0.4 is 15.2 Å². The average Bonchev–Trinajstić information content (AvgIpc) is 2.90. The van der Waals surface area contributed by atoms with Crippen LogP contribution in [0, 0.1) is 6.92 Å². The summed E-state index contributed by atoms with van der Waals surface area (Å²) in [4.78, 5) is 23.5. The van der Waals surface area contributed by atoms with E-state index in [9.17, 15) is 9.59 Å². The third kappa shape index (κ3) is 4.13. The molecule has 0 saturated carbocycles. The van der Waals surface area contributed by atoms with Crippen molar-refractivity contribution in [1.82, 2.24) is 15.8 Å². The van der Waals surface area contributed by atoms with Gasteiger partial charge in [0.2, 0.25) is 0 Å². The Bertz CT molecular complexity index is 651. The molecule has 0 atom stereocenters. The second-order valence-electron chi connectivity index (χ2n) is 4.59. The first-order valence-corrected chi connectivity index (χ1v) is 6.51. The Morgan fingerprint density at radius 1 is 1.29 bits per heavy atom. The number of aryl methyl sites for hydroxylation is 2. The number of aromatic nitrogens is 2. The molecule has 0 aliphatic heterocycles. The molecule has 0 unspecified atom stereocenters. The molecule has 0 fully saturated rings. The molecule has 2 aromatic heterocycles. The molecular weight excluding hydrogens is 272 g/mol. The van der Waals surface area contributed by atoms with Gasteiger partial charge in [0.1, 0.15) is 18.4 Å². The van der Waals surface area contributed by atoms with Gasteiger partial charge < -0.3 is 15.2 Å². The van der Waals surface area contributed by atoms with Gasteiger partial charge in [-0.15, -0.1) is 0 Å². The van der Waals surface area contributed by atoms with Crippen LogP contribution in [0.5, 0.6) is 0 Å². The van der Waals surface area contributed by atoms with Crippen molar-refractivity contribution in [2.24, 2.45) is 7.05 Å². The van der Waals surface area contributed by atoms with E-state index in [0.717, 1.165) is 0 Å². The highest BCUT2D eigenvalue weighted by Gasteiger charge is 2.11. The topological polar surface area (TPSA) is 88.1 Å². The highest BCUT2D eigenvalue weighted by molar-refractivity contribution is 5.94. The van der Waals surface area contributed by atoms with Gasteiger partial charge in [-0.25, -0.2) is 4.57 Å². The minimum Gasteiger partial charge on any atom is -0.361 e. The summed E-state index contributed by atoms with van der Waals surface area (Å²) in [5.74, 6) is 0.0651. The number of hydrogen-bond donors (Lipinski definition) is 2. The van der Waals surface area contributed by atoms with Crippen LogP contribution in [0.4, 0.5) is 0 Å². The lowest BCUT2D eigenvalue weighted by atomic mass is 10.2. The SMILES string of the molecule is Cc1cc(C(=O)NCCNC(=O)c2ccc[n+](C)c2)no1. The summed E-state index contributed by atoms with van der Waals surface area (Å²) in [6, 6.07) is 5.08. The molecule has 2 aromatic rings. The number of pyridine rings is 1. The molecule has 0 aliphatic rings. The fourth-order valence-corrected chi connectivity index (χ4v) is 1.74. The van der Waals surface area contributed by atoms with Crippen LogP contribution in [0.15, 0.2) is 35.1 Å². The van der Waals surface area contributed by atoms with Crippen LogP contribution in [-0.2, 0) is 7.05 Å². The van der Waals surface area contributed by atoms with E-state index in [1.807, 2.05) is 13.2 Å². The van der Waals surface area contributed by atoms with Gasteiger partial charge in [-0.3, -0.25) is 9.59 Å². The molecule has 0 bridgehead atoms. The maximum atomic E-state index is 11.9. The Balaban J connectivity index is 1.75. The Hall–Kier alpha value is -2.70. The van der Waals surface area contributed by atoms with E-state index in [-0.39, 0.29) is 17.5 Å². The average molecular weight is 289 g/mol. The van der Waals surface area contributed by atoms with Crippen molar-refractivity contribution in [2.75, 3.05) is 13.1 Å². The summed E-state index contributed by atoms with van der Waals surface area (Å²) in [6.07, 6.45) is 3.57. The lowest BCUT2D eigenvalue weighted by molar-refractivity contribution is -0.671. The van der Waals surface area contributed by atoms with Gasteiger partial charge in [-0.1, -0.05) is 5.16 Å². The highest BCUT2D eigenvalue weighted by Crippen LogP contribution is 2.00. The van der Waals surface area contributed by atoms with Crippen molar-refractivity contribution >= 4 is 11.8 Å².